The number of aryl methyl sites for hydroxylation is 1. The van der Waals surface area contributed by atoms with Crippen LogP contribution in [0.3, 0.4) is 0 Å². The SMILES string of the molecule is Cc1cc(I)ccc1NC(=O)Cc1cc(Br)ccc1F. The molecule has 0 fully saturated rings. The first-order chi connectivity index (χ1) is 9.45. The average Bonchev–Trinajstić information content (AvgIpc) is 2.37. The van der Waals surface area contributed by atoms with Crippen molar-refractivity contribution in [3.05, 3.63) is 61.4 Å². The summed E-state index contributed by atoms with van der Waals surface area (Å²) in [6.45, 7) is 1.93. The van der Waals surface area contributed by atoms with Crippen LogP contribution in [0, 0.1) is 16.3 Å². The summed E-state index contributed by atoms with van der Waals surface area (Å²) in [6.07, 6.45) is 0.0106. The lowest BCUT2D eigenvalue weighted by molar-refractivity contribution is -0.115. The maximum atomic E-state index is 13.6. The quantitative estimate of drug-likeness (QED) is 0.680. The third-order valence-electron chi connectivity index (χ3n) is 2.82. The fourth-order valence-corrected chi connectivity index (χ4v) is 2.87. The number of carbonyl (C=O) groups excluding carboxylic acids is 1. The summed E-state index contributed by atoms with van der Waals surface area (Å²) >= 11 is 5.49. The van der Waals surface area contributed by atoms with Crippen molar-refractivity contribution >= 4 is 50.1 Å². The Morgan fingerprint density at radius 2 is 2.05 bits per heavy atom. The summed E-state index contributed by atoms with van der Waals surface area (Å²) in [6, 6.07) is 10.3. The molecule has 5 heteroatoms. The fraction of sp³-hybridized carbons (Fsp3) is 0.133. The molecule has 2 aromatic carbocycles. The standard InChI is InChI=1S/C15H12BrFINO/c1-9-6-12(18)3-5-14(9)19-15(20)8-10-7-11(16)2-4-13(10)17/h2-7H,8H2,1H3,(H,19,20). The van der Waals surface area contributed by atoms with E-state index in [1.807, 2.05) is 25.1 Å². The minimum absolute atomic E-state index is 0.0106. The fourth-order valence-electron chi connectivity index (χ4n) is 1.81. The van der Waals surface area contributed by atoms with Gasteiger partial charge in [-0.2, -0.15) is 0 Å². The van der Waals surface area contributed by atoms with Gasteiger partial charge in [0, 0.05) is 13.7 Å². The Kier molecular flexibility index (Phi) is 5.15. The molecule has 1 N–H and O–H groups in total. The second kappa shape index (κ2) is 6.67. The molecule has 1 amide bonds. The van der Waals surface area contributed by atoms with Crippen LogP contribution in [0.5, 0.6) is 0 Å². The van der Waals surface area contributed by atoms with Crippen molar-refractivity contribution in [3.8, 4) is 0 Å². The highest BCUT2D eigenvalue weighted by molar-refractivity contribution is 14.1. The lowest BCUT2D eigenvalue weighted by Crippen LogP contribution is -2.16. The van der Waals surface area contributed by atoms with E-state index in [9.17, 15) is 9.18 Å². The molecule has 0 bridgehead atoms. The highest BCUT2D eigenvalue weighted by atomic mass is 127. The van der Waals surface area contributed by atoms with Crippen LogP contribution in [-0.2, 0) is 11.2 Å². The van der Waals surface area contributed by atoms with Crippen molar-refractivity contribution < 1.29 is 9.18 Å². The van der Waals surface area contributed by atoms with Crippen LogP contribution in [0.2, 0.25) is 0 Å². The van der Waals surface area contributed by atoms with E-state index in [1.54, 1.807) is 12.1 Å². The Balaban J connectivity index is 2.11. The van der Waals surface area contributed by atoms with Gasteiger partial charge in [-0.05, 0) is 77.0 Å². The van der Waals surface area contributed by atoms with E-state index in [1.165, 1.54) is 6.07 Å². The number of hydrogen-bond acceptors (Lipinski definition) is 1. The minimum Gasteiger partial charge on any atom is -0.326 e. The summed E-state index contributed by atoms with van der Waals surface area (Å²) < 4.78 is 15.5. The summed E-state index contributed by atoms with van der Waals surface area (Å²) in [5, 5.41) is 2.81. The Morgan fingerprint density at radius 3 is 2.75 bits per heavy atom. The molecule has 0 aliphatic carbocycles. The van der Waals surface area contributed by atoms with E-state index in [-0.39, 0.29) is 18.1 Å². The van der Waals surface area contributed by atoms with E-state index in [0.717, 1.165) is 19.3 Å². The zero-order valence-electron chi connectivity index (χ0n) is 10.7. The number of halogens is 3. The molecule has 0 aliphatic rings. The zero-order valence-corrected chi connectivity index (χ0v) is 14.5. The smallest absolute Gasteiger partial charge is 0.228 e. The second-order valence-electron chi connectivity index (χ2n) is 4.42. The first-order valence-electron chi connectivity index (χ1n) is 5.95. The van der Waals surface area contributed by atoms with Gasteiger partial charge in [-0.3, -0.25) is 4.79 Å². The normalized spacial score (nSPS) is 10.4. The molecule has 2 aromatic rings. The molecule has 0 spiro atoms. The topological polar surface area (TPSA) is 29.1 Å². The van der Waals surface area contributed by atoms with Gasteiger partial charge in [-0.25, -0.2) is 4.39 Å². The Bertz CT molecular complexity index is 660. The molecule has 0 atom stereocenters. The van der Waals surface area contributed by atoms with Gasteiger partial charge >= 0.3 is 0 Å². The lowest BCUT2D eigenvalue weighted by atomic mass is 10.1. The number of amides is 1. The van der Waals surface area contributed by atoms with Gasteiger partial charge in [0.2, 0.25) is 5.91 Å². The number of hydrogen-bond donors (Lipinski definition) is 1. The van der Waals surface area contributed by atoms with Gasteiger partial charge in [-0.15, -0.1) is 0 Å². The third kappa shape index (κ3) is 4.02. The van der Waals surface area contributed by atoms with Crippen LogP contribution in [0.25, 0.3) is 0 Å². The van der Waals surface area contributed by atoms with E-state index in [2.05, 4.69) is 43.8 Å². The van der Waals surface area contributed by atoms with Crippen LogP contribution < -0.4 is 5.32 Å². The molecule has 0 aromatic heterocycles. The molecule has 2 nitrogen and oxygen atoms in total. The number of nitrogens with one attached hydrogen (secondary N) is 1. The largest absolute Gasteiger partial charge is 0.326 e. The van der Waals surface area contributed by atoms with Gasteiger partial charge in [0.05, 0.1) is 6.42 Å². The number of carbonyl (C=O) groups is 1. The molecule has 0 saturated carbocycles. The maximum absolute atomic E-state index is 13.6. The van der Waals surface area contributed by atoms with Crippen molar-refractivity contribution in [2.24, 2.45) is 0 Å². The molecular weight excluding hydrogens is 436 g/mol. The molecule has 0 radical (unpaired) electrons. The first kappa shape index (κ1) is 15.4. The second-order valence-corrected chi connectivity index (χ2v) is 6.58. The molecule has 0 unspecified atom stereocenters. The molecule has 2 rings (SSSR count). The molecule has 0 saturated heterocycles. The van der Waals surface area contributed by atoms with E-state index in [4.69, 9.17) is 0 Å². The molecular formula is C15H12BrFINO. The maximum Gasteiger partial charge on any atom is 0.228 e. The Labute approximate surface area is 139 Å². The van der Waals surface area contributed by atoms with E-state index in [0.29, 0.717) is 5.56 Å². The van der Waals surface area contributed by atoms with E-state index < -0.39 is 0 Å². The van der Waals surface area contributed by atoms with Crippen molar-refractivity contribution in [2.45, 2.75) is 13.3 Å². The highest BCUT2D eigenvalue weighted by Gasteiger charge is 2.10. The van der Waals surface area contributed by atoms with E-state index >= 15 is 0 Å². The molecule has 0 aliphatic heterocycles. The number of benzene rings is 2. The lowest BCUT2D eigenvalue weighted by Gasteiger charge is -2.09. The zero-order chi connectivity index (χ0) is 14.7. The summed E-state index contributed by atoms with van der Waals surface area (Å²) in [5.41, 5.74) is 2.12. The predicted molar refractivity (Wildman–Crippen MR) is 90.3 cm³/mol. The minimum atomic E-state index is -0.373. The van der Waals surface area contributed by atoms with Gasteiger partial charge in [0.1, 0.15) is 5.82 Å². The number of rotatable bonds is 3. The van der Waals surface area contributed by atoms with Crippen molar-refractivity contribution in [1.29, 1.82) is 0 Å². The van der Waals surface area contributed by atoms with Crippen LogP contribution in [-0.4, -0.2) is 5.91 Å². The van der Waals surface area contributed by atoms with Crippen LogP contribution in [0.4, 0.5) is 10.1 Å². The summed E-state index contributed by atoms with van der Waals surface area (Å²) in [4.78, 5) is 12.0. The van der Waals surface area contributed by atoms with Crippen molar-refractivity contribution in [3.63, 3.8) is 0 Å². The molecule has 0 heterocycles. The van der Waals surface area contributed by atoms with Crippen LogP contribution in [0.15, 0.2) is 40.9 Å². The van der Waals surface area contributed by atoms with Crippen molar-refractivity contribution in [1.82, 2.24) is 0 Å². The molecule has 20 heavy (non-hydrogen) atoms. The Morgan fingerprint density at radius 1 is 1.30 bits per heavy atom. The van der Waals surface area contributed by atoms with Gasteiger partial charge in [-0.1, -0.05) is 15.9 Å². The highest BCUT2D eigenvalue weighted by Crippen LogP contribution is 2.19. The van der Waals surface area contributed by atoms with Gasteiger partial charge in [0.25, 0.3) is 0 Å². The van der Waals surface area contributed by atoms with Crippen molar-refractivity contribution in [2.75, 3.05) is 5.32 Å². The third-order valence-corrected chi connectivity index (χ3v) is 3.99. The van der Waals surface area contributed by atoms with Gasteiger partial charge in [0.15, 0.2) is 0 Å². The monoisotopic (exact) mass is 447 g/mol. The number of anilines is 1. The average molecular weight is 448 g/mol. The Hall–Kier alpha value is -0.950. The molecule has 104 valence electrons. The predicted octanol–water partition coefficient (Wildman–Crippen LogP) is 4.68. The summed E-state index contributed by atoms with van der Waals surface area (Å²) in [7, 11) is 0. The van der Waals surface area contributed by atoms with Crippen LogP contribution in [0.1, 0.15) is 11.1 Å². The first-order valence-corrected chi connectivity index (χ1v) is 7.83. The van der Waals surface area contributed by atoms with Crippen LogP contribution >= 0.6 is 38.5 Å². The van der Waals surface area contributed by atoms with Gasteiger partial charge < -0.3 is 5.32 Å². The summed E-state index contributed by atoms with van der Waals surface area (Å²) in [5.74, 6) is -0.603.